The first-order chi connectivity index (χ1) is 10.2. The van der Waals surface area contributed by atoms with Gasteiger partial charge in [0.05, 0.1) is 5.71 Å². The average molecular weight is 309 g/mol. The Hall–Kier alpha value is -0.720. The van der Waals surface area contributed by atoms with Crippen LogP contribution in [0.15, 0.2) is 5.10 Å². The van der Waals surface area contributed by atoms with Gasteiger partial charge in [0.2, 0.25) is 0 Å². The number of hydrogen-bond donors (Lipinski definition) is 2. The Kier molecular flexibility index (Phi) is 4.47. The highest BCUT2D eigenvalue weighted by atomic mass is 32.1. The summed E-state index contributed by atoms with van der Waals surface area (Å²) < 4.78 is 0. The molecule has 4 bridgehead atoms. The number of fused-ring (bicyclic) bond motifs is 1. The van der Waals surface area contributed by atoms with Crippen molar-refractivity contribution in [1.29, 1.82) is 0 Å². The second-order valence-corrected chi connectivity index (χ2v) is 7.15. The number of unbranched alkanes of at least 4 members (excludes halogenated alkanes) is 1. The Bertz CT molecular complexity index is 420. The van der Waals surface area contributed by atoms with Gasteiger partial charge in [-0.25, -0.2) is 0 Å². The maximum atomic E-state index is 5.19. The maximum absolute atomic E-state index is 5.19. The Morgan fingerprint density at radius 2 is 2.00 bits per heavy atom. The number of hydrogen-bond acceptors (Lipinski definition) is 4. The van der Waals surface area contributed by atoms with Gasteiger partial charge in [0.1, 0.15) is 0 Å². The van der Waals surface area contributed by atoms with Gasteiger partial charge in [0, 0.05) is 57.6 Å². The molecule has 0 spiro atoms. The van der Waals surface area contributed by atoms with Crippen LogP contribution in [0.4, 0.5) is 0 Å². The Labute approximate surface area is 133 Å². The van der Waals surface area contributed by atoms with Gasteiger partial charge in [-0.15, -0.1) is 0 Å². The van der Waals surface area contributed by atoms with E-state index in [9.17, 15) is 0 Å². The molecule has 2 atom stereocenters. The minimum atomic E-state index is 0.240. The van der Waals surface area contributed by atoms with E-state index in [1.54, 1.807) is 0 Å². The van der Waals surface area contributed by atoms with Crippen LogP contribution in [0.3, 0.4) is 0 Å². The van der Waals surface area contributed by atoms with Crippen molar-refractivity contribution in [1.82, 2.24) is 20.5 Å². The number of hydrazone groups is 1. The van der Waals surface area contributed by atoms with Crippen LogP contribution in [0.25, 0.3) is 0 Å². The van der Waals surface area contributed by atoms with Crippen molar-refractivity contribution in [2.24, 2.45) is 16.4 Å². The number of thiocarbonyl (C=S) groups is 1. The number of piperidine rings is 2. The van der Waals surface area contributed by atoms with Crippen molar-refractivity contribution in [2.45, 2.75) is 26.2 Å². The predicted molar refractivity (Wildman–Crippen MR) is 90.6 cm³/mol. The first kappa shape index (κ1) is 15.2. The number of rotatable bonds is 4. The van der Waals surface area contributed by atoms with Gasteiger partial charge in [0.15, 0.2) is 5.11 Å². The second-order valence-electron chi connectivity index (χ2n) is 6.74. The molecule has 0 saturated carbocycles. The van der Waals surface area contributed by atoms with Crippen LogP contribution >= 0.6 is 12.2 Å². The molecule has 0 aromatic rings. The molecule has 4 fully saturated rings. The summed E-state index contributed by atoms with van der Waals surface area (Å²) in [6.45, 7) is 9.40. The SMILES string of the molecule is CCCCC12CN3CCN(CC(C3)/C1=N/NC(=S)NC)C2. The highest BCUT2D eigenvalue weighted by molar-refractivity contribution is 7.80. The standard InChI is InChI=1S/C15H27N5S/c1-3-4-5-15-10-19-6-7-20(11-15)9-12(8-19)13(15)17-18-14(21)16-2/h12H,3-11H2,1-2H3,(H2,16,18,21)/b17-13-. The van der Waals surface area contributed by atoms with Crippen molar-refractivity contribution in [3.63, 3.8) is 0 Å². The van der Waals surface area contributed by atoms with Crippen molar-refractivity contribution in [3.05, 3.63) is 0 Å². The molecule has 0 radical (unpaired) electrons. The first-order valence-electron chi connectivity index (χ1n) is 8.17. The van der Waals surface area contributed by atoms with Crippen LogP contribution in [0.2, 0.25) is 0 Å². The summed E-state index contributed by atoms with van der Waals surface area (Å²) in [5.74, 6) is 0.569. The van der Waals surface area contributed by atoms with Crippen molar-refractivity contribution < 1.29 is 0 Å². The summed E-state index contributed by atoms with van der Waals surface area (Å²) in [5, 5.41) is 8.33. The summed E-state index contributed by atoms with van der Waals surface area (Å²) in [5.41, 5.74) is 4.67. The van der Waals surface area contributed by atoms with Gasteiger partial charge in [-0.05, 0) is 18.6 Å². The molecule has 4 heterocycles. The number of nitrogens with one attached hydrogen (secondary N) is 2. The highest BCUT2D eigenvalue weighted by Crippen LogP contribution is 2.41. The summed E-state index contributed by atoms with van der Waals surface area (Å²) >= 11 is 5.19. The topological polar surface area (TPSA) is 42.9 Å². The molecule has 6 heteroatoms. The van der Waals surface area contributed by atoms with E-state index in [0.717, 1.165) is 13.1 Å². The van der Waals surface area contributed by atoms with E-state index in [0.29, 0.717) is 11.0 Å². The average Bonchev–Trinajstić information content (AvgIpc) is 2.72. The zero-order chi connectivity index (χ0) is 14.9. The quantitative estimate of drug-likeness (QED) is 0.596. The Balaban J connectivity index is 1.87. The van der Waals surface area contributed by atoms with Crippen LogP contribution in [0.5, 0.6) is 0 Å². The maximum Gasteiger partial charge on any atom is 0.186 e. The molecule has 2 unspecified atom stereocenters. The van der Waals surface area contributed by atoms with Crippen molar-refractivity contribution in [2.75, 3.05) is 46.3 Å². The molecule has 0 aromatic heterocycles. The summed E-state index contributed by atoms with van der Waals surface area (Å²) in [6.07, 6.45) is 3.78. The van der Waals surface area contributed by atoms with Crippen molar-refractivity contribution >= 4 is 23.0 Å². The first-order valence-corrected chi connectivity index (χ1v) is 8.58. The van der Waals surface area contributed by atoms with Gasteiger partial charge in [-0.3, -0.25) is 5.43 Å². The Morgan fingerprint density at radius 1 is 1.33 bits per heavy atom. The summed E-state index contributed by atoms with van der Waals surface area (Å²) in [7, 11) is 1.84. The molecule has 0 amide bonds. The van der Waals surface area contributed by atoms with Crippen LogP contribution in [-0.4, -0.2) is 66.9 Å². The molecule has 21 heavy (non-hydrogen) atoms. The molecule has 4 aliphatic rings. The highest BCUT2D eigenvalue weighted by Gasteiger charge is 2.51. The number of nitrogens with zero attached hydrogens (tertiary/aromatic N) is 3. The Morgan fingerprint density at radius 3 is 2.57 bits per heavy atom. The van der Waals surface area contributed by atoms with Crippen LogP contribution in [0, 0.1) is 11.3 Å². The van der Waals surface area contributed by atoms with Crippen LogP contribution in [-0.2, 0) is 0 Å². The third kappa shape index (κ3) is 2.94. The van der Waals surface area contributed by atoms with Gasteiger partial charge >= 0.3 is 0 Å². The molecule has 4 aliphatic heterocycles. The van der Waals surface area contributed by atoms with Gasteiger partial charge in [-0.1, -0.05) is 19.8 Å². The van der Waals surface area contributed by atoms with Gasteiger partial charge < -0.3 is 15.1 Å². The van der Waals surface area contributed by atoms with Gasteiger partial charge in [-0.2, -0.15) is 5.10 Å². The summed E-state index contributed by atoms with van der Waals surface area (Å²) in [4.78, 5) is 5.31. The fourth-order valence-corrected chi connectivity index (χ4v) is 4.33. The largest absolute Gasteiger partial charge is 0.364 e. The van der Waals surface area contributed by atoms with Crippen molar-refractivity contribution in [3.8, 4) is 0 Å². The summed E-state index contributed by atoms with van der Waals surface area (Å²) in [6, 6.07) is 0. The third-order valence-electron chi connectivity index (χ3n) is 5.19. The minimum absolute atomic E-state index is 0.240. The second kappa shape index (κ2) is 6.18. The fourth-order valence-electron chi connectivity index (χ4n) is 4.29. The molecular weight excluding hydrogens is 282 g/mol. The monoisotopic (exact) mass is 309 g/mol. The van der Waals surface area contributed by atoms with E-state index < -0.39 is 0 Å². The predicted octanol–water partition coefficient (Wildman–Crippen LogP) is 0.874. The van der Waals surface area contributed by atoms with E-state index in [4.69, 9.17) is 17.3 Å². The molecular formula is C15H27N5S. The fraction of sp³-hybridized carbons (Fsp3) is 0.867. The van der Waals surface area contributed by atoms with E-state index >= 15 is 0 Å². The molecule has 4 rings (SSSR count). The normalized spacial score (nSPS) is 39.3. The van der Waals surface area contributed by atoms with E-state index in [1.807, 2.05) is 7.05 Å². The zero-order valence-electron chi connectivity index (χ0n) is 13.2. The third-order valence-corrected chi connectivity index (χ3v) is 5.48. The van der Waals surface area contributed by atoms with E-state index in [1.165, 1.54) is 51.2 Å². The van der Waals surface area contributed by atoms with Crippen LogP contribution < -0.4 is 10.7 Å². The molecule has 0 aromatic carbocycles. The van der Waals surface area contributed by atoms with E-state index in [-0.39, 0.29) is 5.41 Å². The molecule has 5 nitrogen and oxygen atoms in total. The molecule has 2 N–H and O–H groups in total. The molecule has 118 valence electrons. The minimum Gasteiger partial charge on any atom is -0.364 e. The lowest BCUT2D eigenvalue weighted by Gasteiger charge is -2.50. The molecule has 0 aliphatic carbocycles. The van der Waals surface area contributed by atoms with E-state index in [2.05, 4.69) is 27.5 Å². The zero-order valence-corrected chi connectivity index (χ0v) is 14.0. The lowest BCUT2D eigenvalue weighted by atomic mass is 9.68. The lowest BCUT2D eigenvalue weighted by molar-refractivity contribution is 0.108. The van der Waals surface area contributed by atoms with Crippen LogP contribution in [0.1, 0.15) is 26.2 Å². The van der Waals surface area contributed by atoms with Gasteiger partial charge in [0.25, 0.3) is 0 Å². The lowest BCUT2D eigenvalue weighted by Crippen LogP contribution is -2.61. The molecule has 4 saturated heterocycles. The smallest absolute Gasteiger partial charge is 0.186 e.